The van der Waals surface area contributed by atoms with Gasteiger partial charge in [0.05, 0.1) is 5.01 Å². The van der Waals surface area contributed by atoms with E-state index >= 15 is 0 Å². The van der Waals surface area contributed by atoms with Crippen LogP contribution < -0.4 is 0 Å². The van der Waals surface area contributed by atoms with Crippen molar-refractivity contribution >= 4 is 40.8 Å². The number of oxime groups is 1. The van der Waals surface area contributed by atoms with E-state index in [1.807, 2.05) is 0 Å². The molecule has 2 aliphatic rings. The van der Waals surface area contributed by atoms with E-state index in [2.05, 4.69) is 10.1 Å². The van der Waals surface area contributed by atoms with E-state index in [0.29, 0.717) is 10.1 Å². The Morgan fingerprint density at radius 3 is 2.33 bits per heavy atom. The number of rotatable bonds is 6. The van der Waals surface area contributed by atoms with Crippen LogP contribution in [0.3, 0.4) is 0 Å². The molecule has 0 aliphatic carbocycles. The van der Waals surface area contributed by atoms with Crippen LogP contribution in [-0.4, -0.2) is 63.9 Å². The number of imide groups is 1. The van der Waals surface area contributed by atoms with Gasteiger partial charge in [-0.05, 0) is 27.7 Å². The van der Waals surface area contributed by atoms with Gasteiger partial charge in [-0.3, -0.25) is 9.59 Å². The first-order valence-corrected chi connectivity index (χ1v) is 9.97. The minimum Gasteiger partial charge on any atom is -0.457 e. The van der Waals surface area contributed by atoms with E-state index in [-0.39, 0.29) is 31.7 Å². The van der Waals surface area contributed by atoms with E-state index in [1.54, 1.807) is 27.7 Å². The molecule has 1 aromatic rings. The van der Waals surface area contributed by atoms with Gasteiger partial charge in [0.1, 0.15) is 24.5 Å². The van der Waals surface area contributed by atoms with Gasteiger partial charge in [-0.15, -0.1) is 16.4 Å². The van der Waals surface area contributed by atoms with Crippen LogP contribution in [0.15, 0.2) is 10.5 Å². The third-order valence-corrected chi connectivity index (χ3v) is 4.76. The molecule has 11 nitrogen and oxygen atoms in total. The summed E-state index contributed by atoms with van der Waals surface area (Å²) in [6.07, 6.45) is -0.103. The molecule has 0 radical (unpaired) electrons. The maximum atomic E-state index is 12.7. The number of carbonyl (C=O) groups excluding carboxylic acids is 4. The Balaban J connectivity index is 1.84. The highest BCUT2D eigenvalue weighted by molar-refractivity contribution is 7.09. The molecular formula is C18H21N3O8S. The molecule has 0 bridgehead atoms. The summed E-state index contributed by atoms with van der Waals surface area (Å²) in [6, 6.07) is 0. The Hall–Kier alpha value is -2.86. The van der Waals surface area contributed by atoms with E-state index in [4.69, 9.17) is 19.1 Å². The zero-order valence-electron chi connectivity index (χ0n) is 16.9. The van der Waals surface area contributed by atoms with Crippen LogP contribution in [0.1, 0.15) is 44.3 Å². The van der Waals surface area contributed by atoms with Gasteiger partial charge in [0.25, 0.3) is 17.4 Å². The van der Waals surface area contributed by atoms with Crippen LogP contribution in [0.4, 0.5) is 0 Å². The summed E-state index contributed by atoms with van der Waals surface area (Å²) in [5, 5.41) is 6.36. The smallest absolute Gasteiger partial charge is 0.387 e. The van der Waals surface area contributed by atoms with Crippen LogP contribution in [0.5, 0.6) is 0 Å². The second-order valence-electron chi connectivity index (χ2n) is 7.73. The van der Waals surface area contributed by atoms with Gasteiger partial charge >= 0.3 is 11.9 Å². The molecule has 0 unspecified atom stereocenters. The first-order chi connectivity index (χ1) is 14.0. The molecule has 0 N–H and O–H groups in total. The molecule has 30 heavy (non-hydrogen) atoms. The highest BCUT2D eigenvalue weighted by atomic mass is 32.1. The number of amides is 2. The second-order valence-corrected chi connectivity index (χ2v) is 8.79. The lowest BCUT2D eigenvalue weighted by Gasteiger charge is -2.37. The zero-order chi connectivity index (χ0) is 22.1. The molecule has 0 spiro atoms. The molecule has 3 heterocycles. The summed E-state index contributed by atoms with van der Waals surface area (Å²) in [4.78, 5) is 63.2. The summed E-state index contributed by atoms with van der Waals surface area (Å²) in [5.41, 5.74) is -2.58. The fraction of sp³-hybridized carbons (Fsp3) is 0.556. The van der Waals surface area contributed by atoms with Gasteiger partial charge in [-0.2, -0.15) is 0 Å². The number of carbonyl (C=O) groups is 4. The molecule has 0 atom stereocenters. The van der Waals surface area contributed by atoms with E-state index in [1.165, 1.54) is 16.7 Å². The molecule has 3 rings (SSSR count). The predicted molar refractivity (Wildman–Crippen MR) is 101 cm³/mol. The highest BCUT2D eigenvalue weighted by Gasteiger charge is 2.52. The van der Waals surface area contributed by atoms with Crippen molar-refractivity contribution in [2.45, 2.75) is 51.7 Å². The SMILES string of the molecule is Cc1nc(/C(=N/OC2(C(=O)OC(C)(C)C)COC2)C(=O)ON2C(=O)CCC2=O)cs1. The van der Waals surface area contributed by atoms with Crippen molar-refractivity contribution in [2.24, 2.45) is 5.16 Å². The maximum absolute atomic E-state index is 12.7. The van der Waals surface area contributed by atoms with Gasteiger partial charge in [-0.1, -0.05) is 5.16 Å². The average Bonchev–Trinajstić information content (AvgIpc) is 3.16. The summed E-state index contributed by atoms with van der Waals surface area (Å²) in [7, 11) is 0. The second kappa shape index (κ2) is 8.11. The highest BCUT2D eigenvalue weighted by Crippen LogP contribution is 2.27. The quantitative estimate of drug-likeness (QED) is 0.274. The van der Waals surface area contributed by atoms with Crippen LogP contribution in [-0.2, 0) is 38.3 Å². The fourth-order valence-corrected chi connectivity index (χ4v) is 3.04. The summed E-state index contributed by atoms with van der Waals surface area (Å²) in [5.74, 6) is -3.10. The Morgan fingerprint density at radius 2 is 1.87 bits per heavy atom. The third kappa shape index (κ3) is 4.65. The Kier molecular flexibility index (Phi) is 5.90. The minimum atomic E-state index is -1.52. The van der Waals surface area contributed by atoms with Crippen LogP contribution in [0.2, 0.25) is 0 Å². The molecule has 2 saturated heterocycles. The number of aromatic nitrogens is 1. The number of ether oxygens (including phenoxy) is 2. The van der Waals surface area contributed by atoms with Crippen molar-refractivity contribution in [3.63, 3.8) is 0 Å². The van der Waals surface area contributed by atoms with Gasteiger partial charge in [0, 0.05) is 18.2 Å². The first kappa shape index (κ1) is 21.8. The standard InChI is InChI=1S/C18H21N3O8S/c1-10-19-11(7-30-10)14(15(24)28-21-12(22)5-6-13(21)23)20-29-18(8-26-9-18)16(25)27-17(2,3)4/h7H,5-6,8-9H2,1-4H3/b20-14-. The lowest BCUT2D eigenvalue weighted by molar-refractivity contribution is -0.236. The Labute approximate surface area is 175 Å². The average molecular weight is 439 g/mol. The third-order valence-electron chi connectivity index (χ3n) is 3.99. The van der Waals surface area contributed by atoms with Crippen LogP contribution in [0.25, 0.3) is 0 Å². The van der Waals surface area contributed by atoms with Crippen LogP contribution >= 0.6 is 11.3 Å². The summed E-state index contributed by atoms with van der Waals surface area (Å²) < 4.78 is 10.4. The number of nitrogens with zero attached hydrogens (tertiary/aromatic N) is 3. The zero-order valence-corrected chi connectivity index (χ0v) is 17.7. The predicted octanol–water partition coefficient (Wildman–Crippen LogP) is 0.890. The van der Waals surface area contributed by atoms with Crippen molar-refractivity contribution in [3.8, 4) is 0 Å². The first-order valence-electron chi connectivity index (χ1n) is 9.09. The maximum Gasteiger partial charge on any atom is 0.387 e. The Bertz CT molecular complexity index is 897. The molecular weight excluding hydrogens is 418 g/mol. The molecule has 2 amide bonds. The van der Waals surface area contributed by atoms with Crippen molar-refractivity contribution < 1.29 is 38.3 Å². The number of aryl methyl sites for hydroxylation is 1. The number of hydrogen-bond donors (Lipinski definition) is 0. The largest absolute Gasteiger partial charge is 0.457 e. The van der Waals surface area contributed by atoms with E-state index in [0.717, 1.165) is 0 Å². The van der Waals surface area contributed by atoms with Crippen LogP contribution in [0, 0.1) is 6.92 Å². The Morgan fingerprint density at radius 1 is 1.23 bits per heavy atom. The normalized spacial score (nSPS) is 18.8. The van der Waals surface area contributed by atoms with Crippen molar-refractivity contribution in [3.05, 3.63) is 16.1 Å². The fourth-order valence-electron chi connectivity index (χ4n) is 2.44. The molecule has 0 saturated carbocycles. The lowest BCUT2D eigenvalue weighted by Crippen LogP contribution is -2.59. The van der Waals surface area contributed by atoms with Gasteiger partial charge in [0.2, 0.25) is 5.71 Å². The molecule has 162 valence electrons. The van der Waals surface area contributed by atoms with Crippen molar-refractivity contribution in [1.29, 1.82) is 0 Å². The molecule has 2 aliphatic heterocycles. The topological polar surface area (TPSA) is 134 Å². The number of thiazole rings is 1. The number of hydrogen-bond acceptors (Lipinski definition) is 11. The molecule has 1 aromatic heterocycles. The lowest BCUT2D eigenvalue weighted by atomic mass is 10.0. The van der Waals surface area contributed by atoms with Gasteiger partial charge in [-0.25, -0.2) is 14.6 Å². The monoisotopic (exact) mass is 439 g/mol. The summed E-state index contributed by atoms with van der Waals surface area (Å²) >= 11 is 1.24. The number of esters is 1. The summed E-state index contributed by atoms with van der Waals surface area (Å²) in [6.45, 7) is 6.58. The van der Waals surface area contributed by atoms with Crippen molar-refractivity contribution in [1.82, 2.24) is 10.0 Å². The van der Waals surface area contributed by atoms with Gasteiger partial charge in [0.15, 0.2) is 0 Å². The molecule has 0 aromatic carbocycles. The minimum absolute atomic E-state index is 0.0516. The van der Waals surface area contributed by atoms with E-state index < -0.39 is 40.7 Å². The van der Waals surface area contributed by atoms with Gasteiger partial charge < -0.3 is 19.1 Å². The number of hydroxylamine groups is 2. The van der Waals surface area contributed by atoms with E-state index in [9.17, 15) is 19.2 Å². The molecule has 2 fully saturated rings. The molecule has 12 heteroatoms. The van der Waals surface area contributed by atoms with Crippen molar-refractivity contribution in [2.75, 3.05) is 13.2 Å².